The van der Waals surface area contributed by atoms with Gasteiger partial charge in [0.25, 0.3) is 0 Å². The highest BCUT2D eigenvalue weighted by atomic mass is 16.5. The van der Waals surface area contributed by atoms with Crippen LogP contribution in [0, 0.1) is 0 Å². The summed E-state index contributed by atoms with van der Waals surface area (Å²) >= 11 is 0. The summed E-state index contributed by atoms with van der Waals surface area (Å²) in [6.07, 6.45) is 5.88. The Morgan fingerprint density at radius 2 is 2.43 bits per heavy atom. The first-order valence-electron chi connectivity index (χ1n) is 4.94. The van der Waals surface area contributed by atoms with Crippen LogP contribution < -0.4 is 4.74 Å². The highest BCUT2D eigenvalue weighted by Gasteiger charge is 2.23. The summed E-state index contributed by atoms with van der Waals surface area (Å²) < 4.78 is 5.59. The zero-order chi connectivity index (χ0) is 9.97. The lowest BCUT2D eigenvalue weighted by molar-refractivity contribution is 0.111. The molecule has 2 rings (SSSR count). The third kappa shape index (κ3) is 1.92. The molecular formula is C11H13NO2. The van der Waals surface area contributed by atoms with Gasteiger partial charge in [-0.15, -0.1) is 0 Å². The molecule has 3 nitrogen and oxygen atoms in total. The molecular weight excluding hydrogens is 178 g/mol. The number of carbonyl (C=O) groups is 1. The highest BCUT2D eigenvalue weighted by Crippen LogP contribution is 2.27. The van der Waals surface area contributed by atoms with E-state index >= 15 is 0 Å². The molecule has 1 aliphatic carbocycles. The summed E-state index contributed by atoms with van der Waals surface area (Å²) in [5.41, 5.74) is 1.48. The van der Waals surface area contributed by atoms with Crippen LogP contribution in [0.25, 0.3) is 0 Å². The van der Waals surface area contributed by atoms with Crippen LogP contribution in [0.15, 0.2) is 12.3 Å². The van der Waals surface area contributed by atoms with Gasteiger partial charge >= 0.3 is 0 Å². The number of ether oxygens (including phenoxy) is 1. The third-order valence-electron chi connectivity index (χ3n) is 2.30. The Hall–Kier alpha value is -1.38. The molecule has 0 unspecified atom stereocenters. The van der Waals surface area contributed by atoms with Gasteiger partial charge in [0, 0.05) is 0 Å². The van der Waals surface area contributed by atoms with Crippen LogP contribution in [-0.2, 0) is 6.42 Å². The van der Waals surface area contributed by atoms with E-state index in [2.05, 4.69) is 4.98 Å². The average Bonchev–Trinajstić information content (AvgIpc) is 3.01. The smallest absolute Gasteiger partial charge is 0.168 e. The van der Waals surface area contributed by atoms with E-state index in [9.17, 15) is 4.79 Å². The predicted molar refractivity (Wildman–Crippen MR) is 52.7 cm³/mol. The highest BCUT2D eigenvalue weighted by molar-refractivity contribution is 5.74. The van der Waals surface area contributed by atoms with Gasteiger partial charge in [-0.2, -0.15) is 0 Å². The van der Waals surface area contributed by atoms with Crippen molar-refractivity contribution in [3.8, 4) is 5.75 Å². The van der Waals surface area contributed by atoms with Gasteiger partial charge in [0.15, 0.2) is 6.29 Å². The minimum atomic E-state index is 0.378. The maximum Gasteiger partial charge on any atom is 0.168 e. The Morgan fingerprint density at radius 1 is 1.64 bits per heavy atom. The van der Waals surface area contributed by atoms with Crippen LogP contribution in [-0.4, -0.2) is 17.4 Å². The van der Waals surface area contributed by atoms with Crippen molar-refractivity contribution in [2.24, 2.45) is 0 Å². The van der Waals surface area contributed by atoms with E-state index in [0.29, 0.717) is 11.8 Å². The number of nitrogens with zero attached hydrogens (tertiary/aromatic N) is 1. The number of pyridine rings is 1. The zero-order valence-electron chi connectivity index (χ0n) is 8.19. The summed E-state index contributed by atoms with van der Waals surface area (Å²) in [6, 6.07) is 1.91. The SMILES string of the molecule is CCc1cc(OC2CC2)cnc1C=O. The van der Waals surface area contributed by atoms with Crippen molar-refractivity contribution >= 4 is 6.29 Å². The normalized spacial score (nSPS) is 15.2. The number of hydrogen-bond donors (Lipinski definition) is 0. The third-order valence-corrected chi connectivity index (χ3v) is 2.30. The molecule has 1 heterocycles. The van der Waals surface area contributed by atoms with Crippen molar-refractivity contribution in [3.05, 3.63) is 23.5 Å². The Morgan fingerprint density at radius 3 is 3.00 bits per heavy atom. The zero-order valence-corrected chi connectivity index (χ0v) is 8.19. The largest absolute Gasteiger partial charge is 0.489 e. The molecule has 1 aromatic rings. The summed E-state index contributed by atoms with van der Waals surface area (Å²) in [4.78, 5) is 14.7. The first-order valence-corrected chi connectivity index (χ1v) is 4.94. The second-order valence-electron chi connectivity index (χ2n) is 3.50. The molecule has 0 saturated heterocycles. The molecule has 1 aromatic heterocycles. The molecule has 0 bridgehead atoms. The number of hydrogen-bond acceptors (Lipinski definition) is 3. The standard InChI is InChI=1S/C11H13NO2/c1-2-8-5-10(14-9-3-4-9)6-12-11(8)7-13/h5-7,9H,2-4H2,1H3. The maximum atomic E-state index is 10.6. The molecule has 0 N–H and O–H groups in total. The molecule has 14 heavy (non-hydrogen) atoms. The van der Waals surface area contributed by atoms with Crippen molar-refractivity contribution in [2.75, 3.05) is 0 Å². The molecule has 0 atom stereocenters. The number of aromatic nitrogens is 1. The molecule has 0 spiro atoms. The first-order chi connectivity index (χ1) is 6.83. The Kier molecular flexibility index (Phi) is 2.48. The molecule has 3 heteroatoms. The van der Waals surface area contributed by atoms with E-state index < -0.39 is 0 Å². The number of carbonyl (C=O) groups excluding carboxylic acids is 1. The number of aryl methyl sites for hydroxylation is 1. The van der Waals surface area contributed by atoms with Crippen molar-refractivity contribution in [1.29, 1.82) is 0 Å². The lowest BCUT2D eigenvalue weighted by atomic mass is 10.1. The molecule has 0 aromatic carbocycles. The number of rotatable bonds is 4. The fourth-order valence-electron chi connectivity index (χ4n) is 1.33. The second kappa shape index (κ2) is 3.78. The average molecular weight is 191 g/mol. The van der Waals surface area contributed by atoms with Gasteiger partial charge in [-0.05, 0) is 30.9 Å². The molecule has 0 amide bonds. The molecule has 74 valence electrons. The number of aldehydes is 1. The van der Waals surface area contributed by atoms with Crippen molar-refractivity contribution < 1.29 is 9.53 Å². The van der Waals surface area contributed by atoms with E-state index in [4.69, 9.17) is 4.74 Å². The van der Waals surface area contributed by atoms with Crippen LogP contribution in [0.2, 0.25) is 0 Å². The van der Waals surface area contributed by atoms with Gasteiger partial charge in [-0.3, -0.25) is 4.79 Å². The second-order valence-corrected chi connectivity index (χ2v) is 3.50. The lowest BCUT2D eigenvalue weighted by Gasteiger charge is -2.06. The monoisotopic (exact) mass is 191 g/mol. The predicted octanol–water partition coefficient (Wildman–Crippen LogP) is 2.00. The van der Waals surface area contributed by atoms with Gasteiger partial charge < -0.3 is 4.74 Å². The Balaban J connectivity index is 2.20. The molecule has 1 fully saturated rings. The summed E-state index contributed by atoms with van der Waals surface area (Å²) in [7, 11) is 0. The van der Waals surface area contributed by atoms with Crippen molar-refractivity contribution in [2.45, 2.75) is 32.3 Å². The van der Waals surface area contributed by atoms with Gasteiger partial charge in [-0.1, -0.05) is 6.92 Å². The van der Waals surface area contributed by atoms with E-state index in [1.54, 1.807) is 6.20 Å². The van der Waals surface area contributed by atoms with Gasteiger partial charge in [0.1, 0.15) is 11.4 Å². The maximum absolute atomic E-state index is 10.6. The van der Waals surface area contributed by atoms with Crippen LogP contribution >= 0.6 is 0 Å². The fraction of sp³-hybridized carbons (Fsp3) is 0.455. The quantitative estimate of drug-likeness (QED) is 0.683. The molecule has 0 aliphatic heterocycles. The summed E-state index contributed by atoms with van der Waals surface area (Å²) in [5, 5.41) is 0. The summed E-state index contributed by atoms with van der Waals surface area (Å²) in [5.74, 6) is 0.787. The van der Waals surface area contributed by atoms with E-state index in [1.165, 1.54) is 0 Å². The van der Waals surface area contributed by atoms with E-state index in [-0.39, 0.29) is 0 Å². The van der Waals surface area contributed by atoms with Gasteiger partial charge in [0.05, 0.1) is 12.3 Å². The lowest BCUT2D eigenvalue weighted by Crippen LogP contribution is -2.00. The van der Waals surface area contributed by atoms with Crippen LogP contribution in [0.1, 0.15) is 35.8 Å². The van der Waals surface area contributed by atoms with Gasteiger partial charge in [0.2, 0.25) is 0 Å². The Labute approximate surface area is 83.1 Å². The topological polar surface area (TPSA) is 39.2 Å². The molecule has 0 radical (unpaired) electrons. The van der Waals surface area contributed by atoms with E-state index in [1.807, 2.05) is 13.0 Å². The minimum absolute atomic E-state index is 0.378. The summed E-state index contributed by atoms with van der Waals surface area (Å²) in [6.45, 7) is 2.00. The molecule has 1 saturated carbocycles. The van der Waals surface area contributed by atoms with Crippen molar-refractivity contribution in [3.63, 3.8) is 0 Å². The van der Waals surface area contributed by atoms with E-state index in [0.717, 1.165) is 36.9 Å². The van der Waals surface area contributed by atoms with Crippen LogP contribution in [0.4, 0.5) is 0 Å². The van der Waals surface area contributed by atoms with Crippen LogP contribution in [0.3, 0.4) is 0 Å². The minimum Gasteiger partial charge on any atom is -0.489 e. The Bertz CT molecular complexity index is 345. The van der Waals surface area contributed by atoms with Crippen LogP contribution in [0.5, 0.6) is 5.75 Å². The molecule has 1 aliphatic rings. The first kappa shape index (κ1) is 9.19. The fourth-order valence-corrected chi connectivity index (χ4v) is 1.33. The van der Waals surface area contributed by atoms with Crippen molar-refractivity contribution in [1.82, 2.24) is 4.98 Å². The van der Waals surface area contributed by atoms with Gasteiger partial charge in [-0.25, -0.2) is 4.98 Å².